The fourth-order valence-electron chi connectivity index (χ4n) is 5.04. The number of carbonyl (C=O) groups excluding carboxylic acids is 1. The summed E-state index contributed by atoms with van der Waals surface area (Å²) in [5.41, 5.74) is -2.28. The smallest absolute Gasteiger partial charge is 0.430 e. The van der Waals surface area contributed by atoms with Gasteiger partial charge in [-0.05, 0) is 12.8 Å². The molecule has 3 aliphatic rings. The molecule has 3 fully saturated rings. The molecule has 182 valence electrons. The lowest BCUT2D eigenvalue weighted by atomic mass is 9.90. The van der Waals surface area contributed by atoms with Crippen LogP contribution < -0.4 is 4.74 Å². The van der Waals surface area contributed by atoms with Crippen LogP contribution in [0.1, 0.15) is 36.4 Å². The predicted octanol–water partition coefficient (Wildman–Crippen LogP) is 3.12. The van der Waals surface area contributed by atoms with Crippen molar-refractivity contribution in [1.82, 2.24) is 19.8 Å². The van der Waals surface area contributed by atoms with E-state index in [2.05, 4.69) is 14.9 Å². The minimum absolute atomic E-state index is 0.0973. The van der Waals surface area contributed by atoms with Gasteiger partial charge in [-0.3, -0.25) is 14.7 Å². The number of nitrogens with zero attached hydrogens (tertiary/aromatic N) is 4. The minimum atomic E-state index is -4.91. The van der Waals surface area contributed by atoms with Gasteiger partial charge in [-0.1, -0.05) is 30.3 Å². The van der Waals surface area contributed by atoms with Crippen LogP contribution >= 0.6 is 0 Å². The number of fused-ring (bicyclic) bond motifs is 1. The van der Waals surface area contributed by atoms with E-state index >= 15 is 0 Å². The SMILES string of the molecule is COC(C(=O)N1CCN2C[C@H](Oc3cnc(C4CC4)cn3)C[C@H]2C1)(c1ccccc1)C(F)(F)F. The third-order valence-electron chi connectivity index (χ3n) is 6.98. The fraction of sp³-hybridized carbons (Fsp3) is 0.542. The van der Waals surface area contributed by atoms with Gasteiger partial charge >= 0.3 is 6.18 Å². The summed E-state index contributed by atoms with van der Waals surface area (Å²) < 4.78 is 53.9. The Morgan fingerprint density at radius 2 is 1.82 bits per heavy atom. The zero-order valence-corrected chi connectivity index (χ0v) is 18.9. The van der Waals surface area contributed by atoms with E-state index < -0.39 is 17.7 Å². The fourth-order valence-corrected chi connectivity index (χ4v) is 5.04. The van der Waals surface area contributed by atoms with E-state index in [1.807, 2.05) is 0 Å². The molecule has 1 amide bonds. The van der Waals surface area contributed by atoms with Crippen molar-refractivity contribution in [3.8, 4) is 5.88 Å². The Labute approximate surface area is 195 Å². The number of hydrogen-bond donors (Lipinski definition) is 0. The molecule has 1 aromatic heterocycles. The first-order valence-corrected chi connectivity index (χ1v) is 11.5. The molecule has 2 saturated heterocycles. The second-order valence-electron chi connectivity index (χ2n) is 9.18. The molecule has 7 nitrogen and oxygen atoms in total. The van der Waals surface area contributed by atoms with E-state index in [-0.39, 0.29) is 30.8 Å². The summed E-state index contributed by atoms with van der Waals surface area (Å²) in [4.78, 5) is 25.6. The number of methoxy groups -OCH3 is 1. The summed E-state index contributed by atoms with van der Waals surface area (Å²) in [6.45, 7) is 1.46. The van der Waals surface area contributed by atoms with E-state index in [4.69, 9.17) is 9.47 Å². The van der Waals surface area contributed by atoms with Crippen LogP contribution in [0.15, 0.2) is 42.7 Å². The summed E-state index contributed by atoms with van der Waals surface area (Å²) >= 11 is 0. The van der Waals surface area contributed by atoms with Gasteiger partial charge in [0.05, 0.1) is 18.1 Å². The number of alkyl halides is 3. The maximum atomic E-state index is 14.3. The highest BCUT2D eigenvalue weighted by Crippen LogP contribution is 2.44. The molecule has 34 heavy (non-hydrogen) atoms. The average Bonchev–Trinajstić information content (AvgIpc) is 3.59. The van der Waals surface area contributed by atoms with Crippen molar-refractivity contribution in [3.05, 3.63) is 54.0 Å². The lowest BCUT2D eigenvalue weighted by Crippen LogP contribution is -2.61. The number of benzene rings is 1. The molecule has 3 atom stereocenters. The van der Waals surface area contributed by atoms with Gasteiger partial charge < -0.3 is 14.4 Å². The minimum Gasteiger partial charge on any atom is -0.472 e. The Bertz CT molecular complexity index is 1020. The molecule has 10 heteroatoms. The van der Waals surface area contributed by atoms with Crippen LogP contribution in [0, 0.1) is 0 Å². The standard InChI is InChI=1S/C24H27F3N4O3/c1-33-23(24(25,26)27,17-5-3-2-4-6-17)22(32)31-10-9-30-15-19(11-18(30)14-31)34-21-13-28-20(12-29-21)16-7-8-16/h2-6,12-13,16,18-19H,7-11,14-15H2,1H3/t18-,19+,23?/m0/s1. The van der Waals surface area contributed by atoms with Gasteiger partial charge in [0.2, 0.25) is 5.88 Å². The van der Waals surface area contributed by atoms with Crippen molar-refractivity contribution >= 4 is 5.91 Å². The Kier molecular flexibility index (Phi) is 5.97. The van der Waals surface area contributed by atoms with E-state index in [1.54, 1.807) is 18.5 Å². The molecule has 0 bridgehead atoms. The Morgan fingerprint density at radius 3 is 2.44 bits per heavy atom. The number of amides is 1. The van der Waals surface area contributed by atoms with Gasteiger partial charge in [0.25, 0.3) is 11.5 Å². The van der Waals surface area contributed by atoms with Crippen molar-refractivity contribution in [2.24, 2.45) is 0 Å². The Hall–Kier alpha value is -2.72. The largest absolute Gasteiger partial charge is 0.472 e. The summed E-state index contributed by atoms with van der Waals surface area (Å²) in [6, 6.07) is 7.00. The molecule has 0 N–H and O–H groups in total. The van der Waals surface area contributed by atoms with Crippen LogP contribution in [0.2, 0.25) is 0 Å². The molecule has 1 saturated carbocycles. The van der Waals surface area contributed by atoms with Crippen LogP contribution in [-0.2, 0) is 15.1 Å². The molecule has 0 spiro atoms. The molecule has 3 heterocycles. The maximum Gasteiger partial charge on any atom is 0.430 e. The zero-order valence-electron chi connectivity index (χ0n) is 18.9. The van der Waals surface area contributed by atoms with E-state index in [9.17, 15) is 18.0 Å². The second kappa shape index (κ2) is 8.81. The van der Waals surface area contributed by atoms with Crippen molar-refractivity contribution in [3.63, 3.8) is 0 Å². The monoisotopic (exact) mass is 476 g/mol. The number of rotatable bonds is 6. The average molecular weight is 476 g/mol. The number of piperazine rings is 1. The summed E-state index contributed by atoms with van der Waals surface area (Å²) in [7, 11) is 0.934. The molecular weight excluding hydrogens is 449 g/mol. The Balaban J connectivity index is 1.28. The van der Waals surface area contributed by atoms with Gasteiger partial charge in [0, 0.05) is 57.2 Å². The first-order valence-electron chi connectivity index (χ1n) is 11.5. The highest BCUT2D eigenvalue weighted by atomic mass is 19.4. The van der Waals surface area contributed by atoms with E-state index in [0.717, 1.165) is 25.6 Å². The van der Waals surface area contributed by atoms with Crippen LogP contribution in [0.25, 0.3) is 0 Å². The number of halogens is 3. The van der Waals surface area contributed by atoms with Crippen molar-refractivity contribution in [2.45, 2.75) is 49.1 Å². The highest BCUT2D eigenvalue weighted by Gasteiger charge is 2.64. The molecule has 2 aliphatic heterocycles. The lowest BCUT2D eigenvalue weighted by Gasteiger charge is -2.42. The lowest BCUT2D eigenvalue weighted by molar-refractivity contribution is -0.271. The van der Waals surface area contributed by atoms with E-state index in [1.165, 1.54) is 29.2 Å². The molecule has 0 radical (unpaired) electrons. The quantitative estimate of drug-likeness (QED) is 0.638. The zero-order chi connectivity index (χ0) is 23.9. The van der Waals surface area contributed by atoms with Gasteiger partial charge in [0.1, 0.15) is 6.10 Å². The molecule has 1 aliphatic carbocycles. The summed E-state index contributed by atoms with van der Waals surface area (Å²) in [6.07, 6.45) is 1.19. The second-order valence-corrected chi connectivity index (χ2v) is 9.18. The van der Waals surface area contributed by atoms with Crippen LogP contribution in [-0.4, -0.2) is 77.3 Å². The summed E-state index contributed by atoms with van der Waals surface area (Å²) in [5.74, 6) is -0.127. The molecular formula is C24H27F3N4O3. The molecule has 1 aromatic carbocycles. The molecule has 5 rings (SSSR count). The topological polar surface area (TPSA) is 67.8 Å². The normalized spacial score (nSPS) is 25.0. The van der Waals surface area contributed by atoms with Crippen LogP contribution in [0.5, 0.6) is 5.88 Å². The van der Waals surface area contributed by atoms with Crippen molar-refractivity contribution < 1.29 is 27.4 Å². The predicted molar refractivity (Wildman–Crippen MR) is 116 cm³/mol. The third kappa shape index (κ3) is 4.13. The van der Waals surface area contributed by atoms with Gasteiger partial charge in [-0.15, -0.1) is 0 Å². The van der Waals surface area contributed by atoms with Gasteiger partial charge in [-0.25, -0.2) is 4.98 Å². The third-order valence-corrected chi connectivity index (χ3v) is 6.98. The van der Waals surface area contributed by atoms with Crippen molar-refractivity contribution in [1.29, 1.82) is 0 Å². The molecule has 2 aromatic rings. The number of carbonyl (C=O) groups is 1. The van der Waals surface area contributed by atoms with Gasteiger partial charge in [-0.2, -0.15) is 13.2 Å². The first-order chi connectivity index (χ1) is 16.3. The number of hydrogen-bond acceptors (Lipinski definition) is 6. The molecule has 1 unspecified atom stereocenters. The van der Waals surface area contributed by atoms with Gasteiger partial charge in [0.15, 0.2) is 0 Å². The number of ether oxygens (including phenoxy) is 2. The first kappa shape index (κ1) is 23.0. The Morgan fingerprint density at radius 1 is 1.06 bits per heavy atom. The van der Waals surface area contributed by atoms with E-state index in [0.29, 0.717) is 31.3 Å². The maximum absolute atomic E-state index is 14.3. The number of aromatic nitrogens is 2. The van der Waals surface area contributed by atoms with Crippen LogP contribution in [0.4, 0.5) is 13.2 Å². The van der Waals surface area contributed by atoms with Crippen LogP contribution in [0.3, 0.4) is 0 Å². The summed E-state index contributed by atoms with van der Waals surface area (Å²) in [5, 5.41) is 0. The van der Waals surface area contributed by atoms with Crippen molar-refractivity contribution in [2.75, 3.05) is 33.3 Å². The highest BCUT2D eigenvalue weighted by molar-refractivity contribution is 5.88.